The summed E-state index contributed by atoms with van der Waals surface area (Å²) in [6.45, 7) is 0. The Bertz CT molecular complexity index is 1270. The highest BCUT2D eigenvalue weighted by Crippen LogP contribution is 2.34. The molecule has 11 heteroatoms. The summed E-state index contributed by atoms with van der Waals surface area (Å²) in [4.78, 5) is 23.4. The Hall–Kier alpha value is -3.70. The lowest BCUT2D eigenvalue weighted by molar-refractivity contribution is -0.384. The quantitative estimate of drug-likeness (QED) is 0.148. The normalized spacial score (nSPS) is 10.7. The molecular weight excluding hydrogens is 464 g/mol. The predicted molar refractivity (Wildman–Crippen MR) is 126 cm³/mol. The molecule has 0 bridgehead atoms. The summed E-state index contributed by atoms with van der Waals surface area (Å²) in [5.41, 5.74) is 1.30. The number of nitrogens with zero attached hydrogens (tertiary/aromatic N) is 3. The van der Waals surface area contributed by atoms with E-state index in [1.807, 2.05) is 18.2 Å². The second kappa shape index (κ2) is 10.3. The first-order valence-corrected chi connectivity index (χ1v) is 11.6. The van der Waals surface area contributed by atoms with Crippen LogP contribution in [0.5, 0.6) is 5.75 Å². The number of ether oxygens (including phenoxy) is 1. The number of nitro groups is 1. The van der Waals surface area contributed by atoms with Gasteiger partial charge in [0.2, 0.25) is 5.13 Å². The molecule has 0 unspecified atom stereocenters. The lowest BCUT2D eigenvalue weighted by Gasteiger charge is -2.03. The number of hydrogen-bond donors (Lipinski definition) is 1. The standard InChI is InChI=1S/C22H18N4O5S2/c1-30-15-7-8-16(17(13-15)26(28)29)18-9-10-19(31-18)20(27)23-21-24-25-22(33-21)32-12-11-14-5-3-2-4-6-14/h2-10,13H,11-12H2,1H3,(H,23,24,27). The van der Waals surface area contributed by atoms with Crippen LogP contribution in [0, 0.1) is 10.1 Å². The molecule has 0 aliphatic heterocycles. The Morgan fingerprint density at radius 2 is 2.00 bits per heavy atom. The van der Waals surface area contributed by atoms with Crippen LogP contribution in [-0.4, -0.2) is 33.9 Å². The maximum atomic E-state index is 12.6. The number of nitro benzene ring substituents is 1. The third kappa shape index (κ3) is 5.57. The zero-order valence-corrected chi connectivity index (χ0v) is 19.0. The smallest absolute Gasteiger partial charge is 0.293 e. The van der Waals surface area contributed by atoms with Crippen LogP contribution in [0.4, 0.5) is 10.8 Å². The van der Waals surface area contributed by atoms with Gasteiger partial charge in [0.05, 0.1) is 23.7 Å². The summed E-state index contributed by atoms with van der Waals surface area (Å²) < 4.78 is 11.4. The van der Waals surface area contributed by atoms with Gasteiger partial charge in [-0.1, -0.05) is 53.4 Å². The number of amides is 1. The number of methoxy groups -OCH3 is 1. The summed E-state index contributed by atoms with van der Waals surface area (Å²) in [6.07, 6.45) is 0.902. The molecule has 4 rings (SSSR count). The van der Waals surface area contributed by atoms with Crippen molar-refractivity contribution in [1.82, 2.24) is 10.2 Å². The van der Waals surface area contributed by atoms with Crippen LogP contribution >= 0.6 is 23.1 Å². The molecule has 0 aliphatic rings. The van der Waals surface area contributed by atoms with Crippen LogP contribution in [0.3, 0.4) is 0 Å². The van der Waals surface area contributed by atoms with Crippen molar-refractivity contribution in [2.45, 2.75) is 10.8 Å². The number of aryl methyl sites for hydroxylation is 1. The number of anilines is 1. The highest BCUT2D eigenvalue weighted by Gasteiger charge is 2.21. The second-order valence-corrected chi connectivity index (χ2v) is 9.03. The molecule has 0 aliphatic carbocycles. The van der Waals surface area contributed by atoms with Crippen molar-refractivity contribution in [2.75, 3.05) is 18.2 Å². The summed E-state index contributed by atoms with van der Waals surface area (Å²) >= 11 is 2.83. The largest absolute Gasteiger partial charge is 0.497 e. The average Bonchev–Trinajstić information content (AvgIpc) is 3.49. The van der Waals surface area contributed by atoms with Crippen molar-refractivity contribution in [1.29, 1.82) is 0 Å². The molecule has 2 aromatic heterocycles. The van der Waals surface area contributed by atoms with Gasteiger partial charge in [0, 0.05) is 5.75 Å². The number of furan rings is 1. The SMILES string of the molecule is COc1ccc(-c2ccc(C(=O)Nc3nnc(SCCc4ccccc4)s3)o2)c([N+](=O)[O-])c1. The topological polar surface area (TPSA) is 120 Å². The molecule has 0 saturated heterocycles. The van der Waals surface area contributed by atoms with Crippen LogP contribution in [0.25, 0.3) is 11.3 Å². The molecule has 0 saturated carbocycles. The number of nitrogens with one attached hydrogen (secondary N) is 1. The van der Waals surface area contributed by atoms with Gasteiger partial charge in [0.1, 0.15) is 11.5 Å². The van der Waals surface area contributed by atoms with E-state index < -0.39 is 10.8 Å². The Labute approximate surface area is 197 Å². The number of thioether (sulfide) groups is 1. The molecule has 0 fully saturated rings. The average molecular weight is 483 g/mol. The van der Waals surface area contributed by atoms with Crippen LogP contribution in [0.1, 0.15) is 16.1 Å². The lowest BCUT2D eigenvalue weighted by atomic mass is 10.1. The molecule has 1 amide bonds. The van der Waals surface area contributed by atoms with E-state index in [4.69, 9.17) is 9.15 Å². The number of benzene rings is 2. The molecule has 2 heterocycles. The van der Waals surface area contributed by atoms with Gasteiger partial charge in [0.15, 0.2) is 10.1 Å². The van der Waals surface area contributed by atoms with Crippen LogP contribution in [0.2, 0.25) is 0 Å². The zero-order valence-electron chi connectivity index (χ0n) is 17.4. The van der Waals surface area contributed by atoms with Crippen molar-refractivity contribution >= 4 is 39.8 Å². The minimum Gasteiger partial charge on any atom is -0.497 e. The molecule has 9 nitrogen and oxygen atoms in total. The molecule has 0 radical (unpaired) electrons. The maximum Gasteiger partial charge on any atom is 0.293 e. The molecule has 2 aromatic carbocycles. The third-order valence-electron chi connectivity index (χ3n) is 4.58. The van der Waals surface area contributed by atoms with Crippen molar-refractivity contribution < 1.29 is 18.9 Å². The minimum atomic E-state index is -0.529. The summed E-state index contributed by atoms with van der Waals surface area (Å²) in [5.74, 6) is 0.875. The van der Waals surface area contributed by atoms with E-state index in [9.17, 15) is 14.9 Å². The van der Waals surface area contributed by atoms with Gasteiger partial charge in [0.25, 0.3) is 11.6 Å². The monoisotopic (exact) mass is 482 g/mol. The number of carbonyl (C=O) groups excluding carboxylic acids is 1. The minimum absolute atomic E-state index is 0.00333. The van der Waals surface area contributed by atoms with Crippen LogP contribution in [-0.2, 0) is 6.42 Å². The Morgan fingerprint density at radius 3 is 2.76 bits per heavy atom. The van der Waals surface area contributed by atoms with Gasteiger partial charge in [-0.2, -0.15) is 0 Å². The molecule has 4 aromatic rings. The maximum absolute atomic E-state index is 12.6. The fraction of sp³-hybridized carbons (Fsp3) is 0.136. The fourth-order valence-electron chi connectivity index (χ4n) is 2.98. The van der Waals surface area contributed by atoms with E-state index >= 15 is 0 Å². The fourth-order valence-corrected chi connectivity index (χ4v) is 4.79. The number of rotatable bonds is 9. The zero-order chi connectivity index (χ0) is 23.2. The summed E-state index contributed by atoms with van der Waals surface area (Å²) in [6, 6.07) is 17.5. The van der Waals surface area contributed by atoms with Crippen molar-refractivity contribution in [3.63, 3.8) is 0 Å². The van der Waals surface area contributed by atoms with Gasteiger partial charge in [-0.3, -0.25) is 20.2 Å². The summed E-state index contributed by atoms with van der Waals surface area (Å²) in [5, 5.41) is 22.5. The molecule has 33 heavy (non-hydrogen) atoms. The predicted octanol–water partition coefficient (Wildman–Crippen LogP) is 5.30. The first-order valence-electron chi connectivity index (χ1n) is 9.77. The first kappa shape index (κ1) is 22.5. The number of carbonyl (C=O) groups is 1. The third-order valence-corrected chi connectivity index (χ3v) is 6.56. The molecule has 168 valence electrons. The van der Waals surface area contributed by atoms with Gasteiger partial charge < -0.3 is 9.15 Å². The van der Waals surface area contributed by atoms with Gasteiger partial charge in [-0.25, -0.2) is 0 Å². The van der Waals surface area contributed by atoms with Crippen LogP contribution in [0.15, 0.2) is 69.4 Å². The Kier molecular flexibility index (Phi) is 7.01. The molecule has 0 spiro atoms. The summed E-state index contributed by atoms with van der Waals surface area (Å²) in [7, 11) is 1.43. The van der Waals surface area contributed by atoms with Crippen molar-refractivity contribution in [3.05, 3.63) is 82.1 Å². The van der Waals surface area contributed by atoms with E-state index in [2.05, 4.69) is 27.6 Å². The Morgan fingerprint density at radius 1 is 1.18 bits per heavy atom. The van der Waals surface area contributed by atoms with E-state index in [0.717, 1.165) is 16.5 Å². The van der Waals surface area contributed by atoms with Gasteiger partial charge >= 0.3 is 0 Å². The Balaban J connectivity index is 1.39. The highest BCUT2D eigenvalue weighted by molar-refractivity contribution is 8.01. The molecule has 0 atom stereocenters. The van der Waals surface area contributed by atoms with E-state index in [1.54, 1.807) is 17.8 Å². The van der Waals surface area contributed by atoms with Gasteiger partial charge in [-0.05, 0) is 36.2 Å². The number of hydrogen-bond acceptors (Lipinski definition) is 9. The molecular formula is C22H18N4O5S2. The highest BCUT2D eigenvalue weighted by atomic mass is 32.2. The van der Waals surface area contributed by atoms with Crippen molar-refractivity contribution in [3.8, 4) is 17.1 Å². The number of aromatic nitrogens is 2. The lowest BCUT2D eigenvalue weighted by Crippen LogP contribution is -2.10. The second-order valence-electron chi connectivity index (χ2n) is 6.72. The van der Waals surface area contributed by atoms with Crippen molar-refractivity contribution in [2.24, 2.45) is 0 Å². The van der Waals surface area contributed by atoms with E-state index in [0.29, 0.717) is 10.9 Å². The van der Waals surface area contributed by atoms with Gasteiger partial charge in [-0.15, -0.1) is 10.2 Å². The first-order chi connectivity index (χ1) is 16.0. The van der Waals surface area contributed by atoms with E-state index in [1.165, 1.54) is 48.3 Å². The van der Waals surface area contributed by atoms with Crippen LogP contribution < -0.4 is 10.1 Å². The van der Waals surface area contributed by atoms with E-state index in [-0.39, 0.29) is 22.8 Å². The molecule has 1 N–H and O–H groups in total.